The molecule has 2 heterocycles. The summed E-state index contributed by atoms with van der Waals surface area (Å²) in [4.78, 5) is 4.03. The molecule has 1 N–H and O–H groups in total. The molecule has 4 heteroatoms. The molecule has 0 amide bonds. The molecule has 1 fully saturated rings. The molecule has 0 aromatic carbocycles. The van der Waals surface area contributed by atoms with Gasteiger partial charge in [0.1, 0.15) is 0 Å². The first-order chi connectivity index (χ1) is 9.67. The van der Waals surface area contributed by atoms with Crippen molar-refractivity contribution >= 4 is 27.3 Å². The van der Waals surface area contributed by atoms with Gasteiger partial charge in [-0.05, 0) is 53.3 Å². The van der Waals surface area contributed by atoms with Gasteiger partial charge in [0.2, 0.25) is 0 Å². The van der Waals surface area contributed by atoms with Crippen molar-refractivity contribution in [3.8, 4) is 0 Å². The van der Waals surface area contributed by atoms with Gasteiger partial charge in [-0.1, -0.05) is 26.7 Å². The Morgan fingerprint density at radius 3 is 2.55 bits per heavy atom. The van der Waals surface area contributed by atoms with Gasteiger partial charge >= 0.3 is 0 Å². The van der Waals surface area contributed by atoms with Crippen molar-refractivity contribution in [2.45, 2.75) is 46.1 Å². The summed E-state index contributed by atoms with van der Waals surface area (Å²) in [5.41, 5.74) is 0.646. The SMILES string of the molecule is CCC1(CC)CCN(CCNCc2cc(Br)cs2)CC1. The number of likely N-dealkylation sites (tertiary alicyclic amines) is 1. The highest BCUT2D eigenvalue weighted by Crippen LogP contribution is 2.37. The predicted molar refractivity (Wildman–Crippen MR) is 92.4 cm³/mol. The molecule has 1 saturated heterocycles. The number of hydrogen-bond donors (Lipinski definition) is 1. The van der Waals surface area contributed by atoms with Crippen LogP contribution < -0.4 is 5.32 Å². The Hall–Kier alpha value is 0.1000. The van der Waals surface area contributed by atoms with Crippen molar-refractivity contribution in [2.24, 2.45) is 5.41 Å². The number of hydrogen-bond acceptors (Lipinski definition) is 3. The molecule has 1 aromatic heterocycles. The van der Waals surface area contributed by atoms with Crippen LogP contribution in [0.25, 0.3) is 0 Å². The Labute approximate surface area is 136 Å². The maximum Gasteiger partial charge on any atom is 0.0300 e. The van der Waals surface area contributed by atoms with Crippen molar-refractivity contribution in [1.29, 1.82) is 0 Å². The second-order valence-corrected chi connectivity index (χ2v) is 7.87. The van der Waals surface area contributed by atoms with Crippen molar-refractivity contribution in [2.75, 3.05) is 26.2 Å². The third-order valence-electron chi connectivity index (χ3n) is 4.94. The van der Waals surface area contributed by atoms with Crippen LogP contribution in [0.1, 0.15) is 44.4 Å². The normalized spacial score (nSPS) is 19.4. The van der Waals surface area contributed by atoms with Crippen molar-refractivity contribution in [3.05, 3.63) is 20.8 Å². The molecule has 0 aliphatic carbocycles. The molecule has 20 heavy (non-hydrogen) atoms. The summed E-state index contributed by atoms with van der Waals surface area (Å²) >= 11 is 5.32. The van der Waals surface area contributed by atoms with E-state index in [2.05, 4.69) is 51.4 Å². The van der Waals surface area contributed by atoms with Gasteiger partial charge in [-0.15, -0.1) is 11.3 Å². The summed E-state index contributed by atoms with van der Waals surface area (Å²) in [5, 5.41) is 5.71. The lowest BCUT2D eigenvalue weighted by Crippen LogP contribution is -2.42. The monoisotopic (exact) mass is 358 g/mol. The lowest BCUT2D eigenvalue weighted by molar-refractivity contribution is 0.0960. The first-order valence-electron chi connectivity index (χ1n) is 7.83. The zero-order chi connectivity index (χ0) is 14.4. The number of nitrogens with one attached hydrogen (secondary N) is 1. The second-order valence-electron chi connectivity index (χ2n) is 5.96. The summed E-state index contributed by atoms with van der Waals surface area (Å²) in [6, 6.07) is 2.20. The second kappa shape index (κ2) is 7.92. The number of piperidine rings is 1. The Balaban J connectivity index is 1.61. The first-order valence-corrected chi connectivity index (χ1v) is 9.51. The zero-order valence-corrected chi connectivity index (χ0v) is 15.2. The molecule has 0 saturated carbocycles. The van der Waals surface area contributed by atoms with Gasteiger partial charge in [0.05, 0.1) is 0 Å². The van der Waals surface area contributed by atoms with Crippen LogP contribution in [0, 0.1) is 5.41 Å². The largest absolute Gasteiger partial charge is 0.311 e. The highest BCUT2D eigenvalue weighted by molar-refractivity contribution is 9.10. The minimum Gasteiger partial charge on any atom is -0.311 e. The molecule has 2 rings (SSSR count). The summed E-state index contributed by atoms with van der Waals surface area (Å²) in [7, 11) is 0. The number of thiophene rings is 1. The number of halogens is 1. The van der Waals surface area contributed by atoms with E-state index in [1.165, 1.54) is 54.7 Å². The topological polar surface area (TPSA) is 15.3 Å². The van der Waals surface area contributed by atoms with Crippen molar-refractivity contribution in [1.82, 2.24) is 10.2 Å². The average Bonchev–Trinajstić information content (AvgIpc) is 2.90. The van der Waals surface area contributed by atoms with Crippen LogP contribution >= 0.6 is 27.3 Å². The standard InChI is InChI=1S/C16H27BrN2S/c1-3-16(4-2)5-8-19(9-6-16)10-7-18-12-15-11-14(17)13-20-15/h11,13,18H,3-10,12H2,1-2H3. The minimum atomic E-state index is 0.646. The summed E-state index contributed by atoms with van der Waals surface area (Å²) < 4.78 is 1.20. The molecule has 0 unspecified atom stereocenters. The fraction of sp³-hybridized carbons (Fsp3) is 0.750. The van der Waals surface area contributed by atoms with Crippen LogP contribution in [-0.2, 0) is 6.54 Å². The number of nitrogens with zero attached hydrogens (tertiary/aromatic N) is 1. The molecular weight excluding hydrogens is 332 g/mol. The Bertz CT molecular complexity index is 391. The van der Waals surface area contributed by atoms with E-state index in [-0.39, 0.29) is 0 Å². The van der Waals surface area contributed by atoms with E-state index in [0.29, 0.717) is 5.41 Å². The molecule has 1 aliphatic rings. The Kier molecular flexibility index (Phi) is 6.53. The Morgan fingerprint density at radius 2 is 2.00 bits per heavy atom. The first kappa shape index (κ1) is 16.5. The van der Waals surface area contributed by atoms with Crippen LogP contribution in [-0.4, -0.2) is 31.1 Å². The Morgan fingerprint density at radius 1 is 1.30 bits per heavy atom. The van der Waals surface area contributed by atoms with Gasteiger partial charge < -0.3 is 10.2 Å². The minimum absolute atomic E-state index is 0.646. The lowest BCUT2D eigenvalue weighted by Gasteiger charge is -2.41. The van der Waals surface area contributed by atoms with Gasteiger partial charge in [-0.25, -0.2) is 0 Å². The zero-order valence-electron chi connectivity index (χ0n) is 12.8. The molecule has 0 spiro atoms. The van der Waals surface area contributed by atoms with Crippen LogP contribution in [0.15, 0.2) is 15.9 Å². The van der Waals surface area contributed by atoms with E-state index in [9.17, 15) is 0 Å². The van der Waals surface area contributed by atoms with E-state index in [0.717, 1.165) is 13.1 Å². The van der Waals surface area contributed by atoms with Crippen LogP contribution in [0.4, 0.5) is 0 Å². The van der Waals surface area contributed by atoms with E-state index in [4.69, 9.17) is 0 Å². The van der Waals surface area contributed by atoms with Crippen molar-refractivity contribution < 1.29 is 0 Å². The van der Waals surface area contributed by atoms with E-state index < -0.39 is 0 Å². The predicted octanol–water partition coefficient (Wildman–Crippen LogP) is 4.50. The quantitative estimate of drug-likeness (QED) is 0.721. The van der Waals surface area contributed by atoms with Gasteiger partial charge in [0.15, 0.2) is 0 Å². The van der Waals surface area contributed by atoms with E-state index in [1.807, 2.05) is 11.3 Å². The van der Waals surface area contributed by atoms with E-state index >= 15 is 0 Å². The van der Waals surface area contributed by atoms with Gasteiger partial charge in [-0.2, -0.15) is 0 Å². The molecule has 1 aliphatic heterocycles. The van der Waals surface area contributed by atoms with Crippen molar-refractivity contribution in [3.63, 3.8) is 0 Å². The maximum atomic E-state index is 3.56. The van der Waals surface area contributed by atoms with Crippen LogP contribution in [0.3, 0.4) is 0 Å². The van der Waals surface area contributed by atoms with Crippen LogP contribution in [0.5, 0.6) is 0 Å². The smallest absolute Gasteiger partial charge is 0.0300 e. The molecule has 1 aromatic rings. The van der Waals surface area contributed by atoms with Gasteiger partial charge in [0, 0.05) is 34.4 Å². The maximum absolute atomic E-state index is 3.56. The average molecular weight is 359 g/mol. The fourth-order valence-corrected chi connectivity index (χ4v) is 4.52. The fourth-order valence-electron chi connectivity index (χ4n) is 3.10. The molecule has 0 atom stereocenters. The highest BCUT2D eigenvalue weighted by Gasteiger charge is 2.30. The van der Waals surface area contributed by atoms with Gasteiger partial charge in [0.25, 0.3) is 0 Å². The number of rotatable bonds is 7. The summed E-state index contributed by atoms with van der Waals surface area (Å²) in [6.45, 7) is 10.6. The van der Waals surface area contributed by atoms with Crippen LogP contribution in [0.2, 0.25) is 0 Å². The van der Waals surface area contributed by atoms with E-state index in [1.54, 1.807) is 0 Å². The summed E-state index contributed by atoms with van der Waals surface area (Å²) in [6.07, 6.45) is 5.47. The molecule has 2 nitrogen and oxygen atoms in total. The highest BCUT2D eigenvalue weighted by atomic mass is 79.9. The summed E-state index contributed by atoms with van der Waals surface area (Å²) in [5.74, 6) is 0. The molecule has 0 bridgehead atoms. The third kappa shape index (κ3) is 4.55. The molecular formula is C16H27BrN2S. The lowest BCUT2D eigenvalue weighted by atomic mass is 9.74. The molecule has 114 valence electrons. The third-order valence-corrected chi connectivity index (χ3v) is 6.64. The molecule has 0 radical (unpaired) electrons. The van der Waals surface area contributed by atoms with Gasteiger partial charge in [-0.3, -0.25) is 0 Å².